The van der Waals surface area contributed by atoms with Crippen molar-refractivity contribution in [3.63, 3.8) is 0 Å². The molecule has 5 aromatic rings. The molecule has 2 atom stereocenters. The Hall–Kier alpha value is -8.96. The van der Waals surface area contributed by atoms with Crippen LogP contribution in [0.1, 0.15) is 102 Å². The van der Waals surface area contributed by atoms with Crippen molar-refractivity contribution in [2.45, 2.75) is 83.9 Å². The lowest BCUT2D eigenvalue weighted by Crippen LogP contribution is -2.54. The molecule has 0 aliphatic carbocycles. The van der Waals surface area contributed by atoms with Gasteiger partial charge in [-0.1, -0.05) is 56.7 Å². The van der Waals surface area contributed by atoms with E-state index in [0.29, 0.717) is 96.6 Å². The summed E-state index contributed by atoms with van der Waals surface area (Å²) in [4.78, 5) is 136. The van der Waals surface area contributed by atoms with Gasteiger partial charge in [0.05, 0.1) is 12.7 Å². The van der Waals surface area contributed by atoms with Crippen molar-refractivity contribution in [1.29, 1.82) is 0 Å². The summed E-state index contributed by atoms with van der Waals surface area (Å²) in [5.74, 6) is -2.46. The molecule has 8 rings (SSSR count). The second-order valence-corrected chi connectivity index (χ2v) is 21.4. The van der Waals surface area contributed by atoms with Gasteiger partial charge < -0.3 is 41.8 Å². The highest BCUT2D eigenvalue weighted by Gasteiger charge is 2.36. The SMILES string of the molecule is COc1ccc2c3c(c4ccccc4cc13)C(=O)N(CCN1CCN(CCNC(=O)c3ccc(NC(=O)OCc4ccc(NC(=O)[C@@H](CCCNC(N)=O)NC(=O)[C@H](NC(=O)CCCCCN5C(=O)CCC5=O)C(C)C)cc4)cc3)CC1)C2=O. The zero-order valence-corrected chi connectivity index (χ0v) is 47.6. The third-order valence-corrected chi connectivity index (χ3v) is 15.3. The molecular weight excluding hydrogens is 1080 g/mol. The summed E-state index contributed by atoms with van der Waals surface area (Å²) in [6.07, 6.45) is 1.91. The van der Waals surface area contributed by atoms with Crippen molar-refractivity contribution in [1.82, 2.24) is 40.9 Å². The van der Waals surface area contributed by atoms with Gasteiger partial charge in [-0.2, -0.15) is 0 Å². The number of urea groups is 1. The van der Waals surface area contributed by atoms with Crippen LogP contribution in [0.5, 0.6) is 5.75 Å². The molecule has 8 N–H and O–H groups in total. The van der Waals surface area contributed by atoms with Crippen LogP contribution in [0.15, 0.2) is 91.0 Å². The van der Waals surface area contributed by atoms with E-state index >= 15 is 0 Å². The normalized spacial score (nSPS) is 15.2. The number of nitrogens with one attached hydrogen (secondary N) is 6. The quantitative estimate of drug-likeness (QED) is 0.0204. The van der Waals surface area contributed by atoms with Gasteiger partial charge in [-0.25, -0.2) is 9.59 Å². The number of anilines is 2. The second-order valence-electron chi connectivity index (χ2n) is 21.4. The lowest BCUT2D eigenvalue weighted by molar-refractivity contribution is -0.138. The Labute approximate surface area is 486 Å². The van der Waals surface area contributed by atoms with Crippen molar-refractivity contribution in [2.24, 2.45) is 11.7 Å². The van der Waals surface area contributed by atoms with Gasteiger partial charge in [0.15, 0.2) is 0 Å². The fraction of sp³-hybridized carbons (Fsp3) is 0.410. The van der Waals surface area contributed by atoms with Gasteiger partial charge in [0.1, 0.15) is 24.4 Å². The first-order valence-corrected chi connectivity index (χ1v) is 28.5. The molecule has 0 aromatic heterocycles. The highest BCUT2D eigenvalue weighted by Crippen LogP contribution is 2.40. The van der Waals surface area contributed by atoms with E-state index in [1.54, 1.807) is 81.6 Å². The third-order valence-electron chi connectivity index (χ3n) is 15.3. The maximum Gasteiger partial charge on any atom is 0.411 e. The van der Waals surface area contributed by atoms with Crippen LogP contribution in [0.4, 0.5) is 21.0 Å². The number of primary amides is 1. The molecule has 0 radical (unpaired) electrons. The number of hydrogen-bond acceptors (Lipinski definition) is 14. The molecule has 0 saturated carbocycles. The van der Waals surface area contributed by atoms with Crippen molar-refractivity contribution in [3.8, 4) is 5.75 Å². The summed E-state index contributed by atoms with van der Waals surface area (Å²) in [6, 6.07) is 23.3. The minimum atomic E-state index is -1.06. The number of rotatable bonds is 27. The first kappa shape index (κ1) is 61.1. The van der Waals surface area contributed by atoms with Crippen LogP contribution in [0.2, 0.25) is 0 Å². The largest absolute Gasteiger partial charge is 0.496 e. The van der Waals surface area contributed by atoms with E-state index in [9.17, 15) is 47.9 Å². The standard InChI is InChI=1S/C61H73N11O12/c1-38(2)54(68-49(73)13-5-4-8-28-71-50(74)24-25-51(71)75)57(78)67-47(12-9-26-64-60(62)81)56(77)65-42-18-14-39(15-19-42)37-84-61(82)66-43-20-16-40(17-21-43)55(76)63-27-29-69-30-32-70(33-31-69)34-35-72-58(79)45-22-23-48(83-3)46-36-41-10-6-7-11-44(41)53(52(45)46)59(72)80/h6-7,10-11,14-23,36,38,47,54H,4-5,8-9,12-13,24-35,37H2,1-3H3,(H,63,76)(H,65,77)(H,66,82)(H,67,78)(H,68,73)(H3,62,64,81)/t47-,54-/m1/s1. The average molecular weight is 1150 g/mol. The summed E-state index contributed by atoms with van der Waals surface area (Å²) in [7, 11) is 1.58. The molecule has 5 aromatic carbocycles. The van der Waals surface area contributed by atoms with Crippen LogP contribution >= 0.6 is 0 Å². The van der Waals surface area contributed by atoms with Crippen molar-refractivity contribution in [3.05, 3.63) is 113 Å². The number of nitrogens with zero attached hydrogens (tertiary/aromatic N) is 4. The molecule has 3 aliphatic rings. The zero-order valence-electron chi connectivity index (χ0n) is 47.6. The number of unbranched alkanes of at least 4 members (excludes halogenated alkanes) is 2. The van der Waals surface area contributed by atoms with Crippen molar-refractivity contribution in [2.75, 3.05) is 83.2 Å². The minimum Gasteiger partial charge on any atom is -0.496 e. The first-order valence-electron chi connectivity index (χ1n) is 28.5. The summed E-state index contributed by atoms with van der Waals surface area (Å²) in [5.41, 5.74) is 8.03. The highest BCUT2D eigenvalue weighted by atomic mass is 16.5. The van der Waals surface area contributed by atoms with Gasteiger partial charge in [-0.3, -0.25) is 63.3 Å². The molecule has 444 valence electrons. The zero-order chi connectivity index (χ0) is 59.9. The number of fused-ring (bicyclic) bond motifs is 2. The number of ether oxygens (including phenoxy) is 2. The van der Waals surface area contributed by atoms with Gasteiger partial charge in [0.2, 0.25) is 29.5 Å². The first-order chi connectivity index (χ1) is 40.5. The van der Waals surface area contributed by atoms with Crippen LogP contribution in [0.25, 0.3) is 21.5 Å². The molecule has 2 saturated heterocycles. The monoisotopic (exact) mass is 1150 g/mol. The lowest BCUT2D eigenvalue weighted by atomic mass is 9.89. The number of imide groups is 2. The van der Waals surface area contributed by atoms with Gasteiger partial charge in [-0.05, 0) is 103 Å². The van der Waals surface area contributed by atoms with E-state index in [2.05, 4.69) is 41.7 Å². The molecule has 84 heavy (non-hydrogen) atoms. The molecule has 23 nitrogen and oxygen atoms in total. The number of benzene rings is 5. The molecule has 23 heteroatoms. The number of methoxy groups -OCH3 is 1. The van der Waals surface area contributed by atoms with Crippen molar-refractivity contribution < 1.29 is 57.4 Å². The Kier molecular flexibility index (Phi) is 21.0. The smallest absolute Gasteiger partial charge is 0.411 e. The fourth-order valence-electron chi connectivity index (χ4n) is 10.6. The molecule has 0 unspecified atom stereocenters. The maximum absolute atomic E-state index is 14.1. The number of carbonyl (C=O) groups excluding carboxylic acids is 10. The predicted molar refractivity (Wildman–Crippen MR) is 314 cm³/mol. The highest BCUT2D eigenvalue weighted by molar-refractivity contribution is 6.31. The van der Waals surface area contributed by atoms with Crippen molar-refractivity contribution >= 4 is 92.3 Å². The van der Waals surface area contributed by atoms with E-state index in [0.717, 1.165) is 42.3 Å². The Morgan fingerprint density at radius 3 is 2.01 bits per heavy atom. The number of piperazine rings is 1. The number of carbonyl (C=O) groups is 10. The molecule has 3 aliphatic heterocycles. The van der Waals surface area contributed by atoms with E-state index in [1.165, 1.54) is 9.80 Å². The predicted octanol–water partition coefficient (Wildman–Crippen LogP) is 5.12. The van der Waals surface area contributed by atoms with Gasteiger partial charge in [0, 0.05) is 118 Å². The van der Waals surface area contributed by atoms with Crippen LogP contribution in [-0.4, -0.2) is 164 Å². The molecule has 0 spiro atoms. The summed E-state index contributed by atoms with van der Waals surface area (Å²) < 4.78 is 11.0. The average Bonchev–Trinajstić information content (AvgIpc) is 0.934. The Morgan fingerprint density at radius 2 is 1.32 bits per heavy atom. The Bertz CT molecular complexity index is 3260. The number of amides is 11. The van der Waals surface area contributed by atoms with Gasteiger partial charge in [0.25, 0.3) is 17.7 Å². The van der Waals surface area contributed by atoms with Crippen LogP contribution in [0.3, 0.4) is 0 Å². The molecule has 3 heterocycles. The summed E-state index contributed by atoms with van der Waals surface area (Å²) in [6.45, 7) is 8.69. The van der Waals surface area contributed by atoms with E-state index < -0.39 is 36.0 Å². The fourth-order valence-corrected chi connectivity index (χ4v) is 10.6. The van der Waals surface area contributed by atoms with E-state index in [1.807, 2.05) is 30.3 Å². The molecular formula is C61H73N11O12. The third kappa shape index (κ3) is 15.8. The van der Waals surface area contributed by atoms with E-state index in [4.69, 9.17) is 15.2 Å². The number of likely N-dealkylation sites (tertiary alicyclic amines) is 1. The summed E-state index contributed by atoms with van der Waals surface area (Å²) >= 11 is 0. The maximum atomic E-state index is 14.1. The van der Waals surface area contributed by atoms with Crippen LogP contribution < -0.4 is 42.4 Å². The lowest BCUT2D eigenvalue weighted by Gasteiger charge is -2.36. The van der Waals surface area contributed by atoms with Crippen LogP contribution in [-0.2, 0) is 35.3 Å². The van der Waals surface area contributed by atoms with E-state index in [-0.39, 0.29) is 86.7 Å². The Balaban J connectivity index is 0.725. The van der Waals surface area contributed by atoms with Gasteiger partial charge in [-0.15, -0.1) is 0 Å². The summed E-state index contributed by atoms with van der Waals surface area (Å²) in [5, 5.41) is 19.5. The number of hydrogen-bond donors (Lipinski definition) is 7. The van der Waals surface area contributed by atoms with Crippen LogP contribution in [0, 0.1) is 5.92 Å². The topological polar surface area (TPSA) is 300 Å². The molecule has 2 fully saturated rings. The second kappa shape index (κ2) is 28.8. The van der Waals surface area contributed by atoms with Gasteiger partial charge >= 0.3 is 12.1 Å². The Morgan fingerprint density at radius 1 is 0.643 bits per heavy atom. The number of nitrogens with two attached hydrogens (primary N) is 1. The molecule has 11 amide bonds. The minimum absolute atomic E-state index is 0.105. The molecule has 0 bridgehead atoms.